The van der Waals surface area contributed by atoms with Crippen LogP contribution in [0.1, 0.15) is 63.9 Å². The highest BCUT2D eigenvalue weighted by Crippen LogP contribution is 2.44. The van der Waals surface area contributed by atoms with Crippen molar-refractivity contribution < 1.29 is 19.2 Å². The topological polar surface area (TPSA) is 98.5 Å². The zero-order chi connectivity index (χ0) is 22.2. The molecule has 1 aliphatic rings. The van der Waals surface area contributed by atoms with Gasteiger partial charge in [-0.3, -0.25) is 14.9 Å². The summed E-state index contributed by atoms with van der Waals surface area (Å²) < 4.78 is 4.98. The van der Waals surface area contributed by atoms with Gasteiger partial charge in [0, 0.05) is 22.1 Å². The molecule has 0 bridgehead atoms. The maximum atomic E-state index is 12.8. The van der Waals surface area contributed by atoms with Crippen LogP contribution in [0.25, 0.3) is 0 Å². The number of nitro groups is 1. The Kier molecular flexibility index (Phi) is 5.99. The fourth-order valence-electron chi connectivity index (χ4n) is 3.85. The van der Waals surface area contributed by atoms with Crippen LogP contribution in [0.3, 0.4) is 0 Å². The van der Waals surface area contributed by atoms with Crippen molar-refractivity contribution in [2.75, 3.05) is 12.4 Å². The third-order valence-electron chi connectivity index (χ3n) is 5.77. The number of anilines is 1. The van der Waals surface area contributed by atoms with Gasteiger partial charge in [-0.15, -0.1) is 11.3 Å². The molecule has 1 amide bonds. The number of amides is 1. The van der Waals surface area contributed by atoms with Crippen LogP contribution in [-0.2, 0) is 17.6 Å². The summed E-state index contributed by atoms with van der Waals surface area (Å²) in [6, 6.07) is 4.34. The van der Waals surface area contributed by atoms with Crippen molar-refractivity contribution in [1.29, 1.82) is 0 Å². The fourth-order valence-corrected chi connectivity index (χ4v) is 5.16. The lowest BCUT2D eigenvalue weighted by Gasteiger charge is -2.33. The van der Waals surface area contributed by atoms with Crippen LogP contribution in [0.5, 0.6) is 0 Å². The molecule has 0 radical (unpaired) electrons. The molecule has 1 aromatic heterocycles. The Bertz CT molecular complexity index is 1020. The molecule has 2 aromatic rings. The lowest BCUT2D eigenvalue weighted by Crippen LogP contribution is -2.26. The average molecular weight is 431 g/mol. The molecule has 1 atom stereocenters. The van der Waals surface area contributed by atoms with Crippen molar-refractivity contribution >= 4 is 33.9 Å². The number of carbonyl (C=O) groups excluding carboxylic acids is 2. The normalized spacial score (nSPS) is 16.0. The van der Waals surface area contributed by atoms with E-state index < -0.39 is 16.8 Å². The van der Waals surface area contributed by atoms with Gasteiger partial charge in [0.05, 0.1) is 17.6 Å². The van der Waals surface area contributed by atoms with Gasteiger partial charge in [-0.2, -0.15) is 0 Å². The second-order valence-electron chi connectivity index (χ2n) is 8.72. The third kappa shape index (κ3) is 4.23. The Labute approximate surface area is 179 Å². The van der Waals surface area contributed by atoms with Crippen molar-refractivity contribution in [3.63, 3.8) is 0 Å². The predicted octanol–water partition coefficient (Wildman–Crippen LogP) is 5.15. The number of fused-ring (bicyclic) bond motifs is 1. The van der Waals surface area contributed by atoms with E-state index in [4.69, 9.17) is 4.74 Å². The third-order valence-corrected chi connectivity index (χ3v) is 6.94. The van der Waals surface area contributed by atoms with Crippen molar-refractivity contribution in [3.05, 3.63) is 55.4 Å². The van der Waals surface area contributed by atoms with Crippen LogP contribution in [-0.4, -0.2) is 23.9 Å². The summed E-state index contributed by atoms with van der Waals surface area (Å²) >= 11 is 1.40. The smallest absolute Gasteiger partial charge is 0.341 e. The Hall–Kier alpha value is -2.74. The fraction of sp³-hybridized carbons (Fsp3) is 0.455. The summed E-state index contributed by atoms with van der Waals surface area (Å²) in [5.41, 5.74) is 2.03. The van der Waals surface area contributed by atoms with Crippen molar-refractivity contribution in [3.8, 4) is 0 Å². The summed E-state index contributed by atoms with van der Waals surface area (Å²) in [5, 5.41) is 14.4. The van der Waals surface area contributed by atoms with E-state index in [0.717, 1.165) is 29.7 Å². The van der Waals surface area contributed by atoms with E-state index in [-0.39, 0.29) is 16.7 Å². The zero-order valence-electron chi connectivity index (χ0n) is 17.8. The number of aryl methyl sites for hydroxylation is 1. The number of nitrogens with one attached hydrogen (secondary N) is 1. The standard InChI is InChI=1S/C22H26N2O5S/c1-12-6-7-13(10-16(12)24(27)28)19(25)23-20-18(21(26)29-5)15-9-8-14(22(2,3)4)11-17(15)30-20/h6-7,10,14H,8-9,11H2,1-5H3,(H,23,25). The lowest BCUT2D eigenvalue weighted by molar-refractivity contribution is -0.385. The van der Waals surface area contributed by atoms with Gasteiger partial charge in [0.25, 0.3) is 11.6 Å². The van der Waals surface area contributed by atoms with Crippen LogP contribution >= 0.6 is 11.3 Å². The Morgan fingerprint density at radius 1 is 1.30 bits per heavy atom. The predicted molar refractivity (Wildman–Crippen MR) is 116 cm³/mol. The van der Waals surface area contributed by atoms with E-state index >= 15 is 0 Å². The largest absolute Gasteiger partial charge is 0.465 e. The number of nitrogens with zero attached hydrogens (tertiary/aromatic N) is 1. The van der Waals surface area contributed by atoms with Crippen LogP contribution in [0.15, 0.2) is 18.2 Å². The van der Waals surface area contributed by atoms with Gasteiger partial charge in [0.1, 0.15) is 5.00 Å². The number of esters is 1. The minimum atomic E-state index is -0.511. The number of hydrogen-bond donors (Lipinski definition) is 1. The number of carbonyl (C=O) groups is 2. The highest BCUT2D eigenvalue weighted by atomic mass is 32.1. The molecule has 30 heavy (non-hydrogen) atoms. The van der Waals surface area contributed by atoms with Gasteiger partial charge in [-0.1, -0.05) is 26.8 Å². The second kappa shape index (κ2) is 8.18. The van der Waals surface area contributed by atoms with E-state index in [2.05, 4.69) is 26.1 Å². The van der Waals surface area contributed by atoms with Gasteiger partial charge in [-0.25, -0.2) is 4.79 Å². The van der Waals surface area contributed by atoms with E-state index in [1.807, 2.05) is 0 Å². The van der Waals surface area contributed by atoms with Crippen LogP contribution < -0.4 is 5.32 Å². The molecule has 1 aromatic carbocycles. The number of benzene rings is 1. The molecule has 3 rings (SSSR count). The molecule has 160 valence electrons. The molecule has 1 N–H and O–H groups in total. The number of hydrogen-bond acceptors (Lipinski definition) is 6. The van der Waals surface area contributed by atoms with Crippen LogP contribution in [0, 0.1) is 28.4 Å². The highest BCUT2D eigenvalue weighted by Gasteiger charge is 2.34. The van der Waals surface area contributed by atoms with E-state index in [1.165, 1.54) is 24.5 Å². The number of nitro benzene ring substituents is 1. The first kappa shape index (κ1) is 22.0. The Morgan fingerprint density at radius 2 is 2.00 bits per heavy atom. The molecule has 1 heterocycles. The molecule has 0 saturated carbocycles. The molecular weight excluding hydrogens is 404 g/mol. The second-order valence-corrected chi connectivity index (χ2v) is 9.82. The minimum absolute atomic E-state index is 0.116. The minimum Gasteiger partial charge on any atom is -0.465 e. The quantitative estimate of drug-likeness (QED) is 0.411. The summed E-state index contributed by atoms with van der Waals surface area (Å²) in [5.74, 6) is -0.487. The molecule has 0 spiro atoms. The van der Waals surface area contributed by atoms with E-state index in [1.54, 1.807) is 19.1 Å². The average Bonchev–Trinajstić information content (AvgIpc) is 3.03. The van der Waals surface area contributed by atoms with Gasteiger partial charge in [-0.05, 0) is 49.1 Å². The van der Waals surface area contributed by atoms with Gasteiger partial charge in [0.15, 0.2) is 0 Å². The van der Waals surface area contributed by atoms with Crippen LogP contribution in [0.4, 0.5) is 10.7 Å². The summed E-state index contributed by atoms with van der Waals surface area (Å²) in [7, 11) is 1.32. The maximum absolute atomic E-state index is 12.8. The molecule has 8 heteroatoms. The number of thiophene rings is 1. The Balaban J connectivity index is 1.95. The monoisotopic (exact) mass is 430 g/mol. The molecule has 0 fully saturated rings. The first-order chi connectivity index (χ1) is 14.0. The van der Waals surface area contributed by atoms with E-state index in [9.17, 15) is 19.7 Å². The lowest BCUT2D eigenvalue weighted by atomic mass is 9.72. The van der Waals surface area contributed by atoms with Crippen LogP contribution in [0.2, 0.25) is 0 Å². The first-order valence-electron chi connectivity index (χ1n) is 9.82. The first-order valence-corrected chi connectivity index (χ1v) is 10.6. The molecule has 1 aliphatic carbocycles. The van der Waals surface area contributed by atoms with Gasteiger partial charge >= 0.3 is 5.97 Å². The highest BCUT2D eigenvalue weighted by molar-refractivity contribution is 7.17. The SMILES string of the molecule is COC(=O)c1c(NC(=O)c2ccc(C)c([N+](=O)[O-])c2)sc2c1CCC(C(C)(C)C)C2. The molecular formula is C22H26N2O5S. The Morgan fingerprint density at radius 3 is 2.60 bits per heavy atom. The molecule has 0 aliphatic heterocycles. The number of rotatable bonds is 4. The maximum Gasteiger partial charge on any atom is 0.341 e. The summed E-state index contributed by atoms with van der Waals surface area (Å²) in [6.45, 7) is 8.26. The molecule has 0 saturated heterocycles. The molecule has 1 unspecified atom stereocenters. The summed E-state index contributed by atoms with van der Waals surface area (Å²) in [6.07, 6.45) is 2.57. The van der Waals surface area contributed by atoms with Crippen molar-refractivity contribution in [2.45, 2.75) is 47.0 Å². The summed E-state index contributed by atoms with van der Waals surface area (Å²) in [4.78, 5) is 37.1. The van der Waals surface area contributed by atoms with Crippen molar-refractivity contribution in [1.82, 2.24) is 0 Å². The zero-order valence-corrected chi connectivity index (χ0v) is 18.6. The van der Waals surface area contributed by atoms with Gasteiger partial charge in [0.2, 0.25) is 0 Å². The number of methoxy groups -OCH3 is 1. The molecule has 7 nitrogen and oxygen atoms in total. The van der Waals surface area contributed by atoms with Gasteiger partial charge < -0.3 is 10.1 Å². The number of ether oxygens (including phenoxy) is 1. The van der Waals surface area contributed by atoms with Crippen molar-refractivity contribution in [2.24, 2.45) is 11.3 Å². The van der Waals surface area contributed by atoms with E-state index in [0.29, 0.717) is 22.0 Å².